The second-order valence-electron chi connectivity index (χ2n) is 32.1. The van der Waals surface area contributed by atoms with Crippen molar-refractivity contribution in [1.29, 1.82) is 0 Å². The highest BCUT2D eigenvalue weighted by Gasteiger charge is 2.32. The molecule has 0 radical (unpaired) electrons. The minimum Gasteiger partial charge on any atom is -0.294 e. The lowest BCUT2D eigenvalue weighted by Gasteiger charge is -2.16. The van der Waals surface area contributed by atoms with Crippen LogP contribution >= 0.6 is 0 Å². The van der Waals surface area contributed by atoms with Crippen LogP contribution in [0, 0.1) is 0 Å². The third-order valence-electron chi connectivity index (χ3n) is 25.5. The molecule has 0 spiro atoms. The Hall–Kier alpha value is -16.5. The second kappa shape index (κ2) is 28.1. The van der Waals surface area contributed by atoms with Gasteiger partial charge in [-0.2, -0.15) is 0 Å². The van der Waals surface area contributed by atoms with E-state index in [1.165, 1.54) is 187 Å². The molecular formula is C116H71N7. The smallest absolute Gasteiger partial charge is 0.235 e. The summed E-state index contributed by atoms with van der Waals surface area (Å²) in [7, 11) is 0. The first kappa shape index (κ1) is 69.6. The fourth-order valence-electron chi connectivity index (χ4n) is 20.4. The SMILES string of the molecule is c1ccc(-c2cc(-c3ccccc3)nc(-n3c4cccc5c4c4c6c(cccc6c(-c6ccccc6)cc43)-c3ccccc3-5)n2)cc1.c1ccc(-c2cc3c4c5c(cccc25)-c2ccccc2-c2cccc(c24)n3-c2ccccn2)cc1.c1ccc(-c2cccc(-n3c4cccc5c4c4c6c(cccc6c(-c6ccccc6)cc43)-c3ccccc3-5)n2)cc1. The largest absolute Gasteiger partial charge is 0.294 e. The first-order valence-corrected chi connectivity index (χ1v) is 42.1. The highest BCUT2D eigenvalue weighted by molar-refractivity contribution is 6.36. The topological polar surface area (TPSA) is 66.3 Å². The molecule has 24 aromatic rings. The van der Waals surface area contributed by atoms with Gasteiger partial charge in [0.15, 0.2) is 0 Å². The van der Waals surface area contributed by atoms with Gasteiger partial charge in [0.05, 0.1) is 50.2 Å². The van der Waals surface area contributed by atoms with Crippen LogP contribution in [0.15, 0.2) is 431 Å². The summed E-state index contributed by atoms with van der Waals surface area (Å²) in [5, 5.41) is 15.4. The van der Waals surface area contributed by atoms with Crippen molar-refractivity contribution in [3.05, 3.63) is 431 Å². The average molecular weight is 1560 g/mol. The molecule has 6 aromatic heterocycles. The number of fused-ring (bicyclic) bond motifs is 9. The van der Waals surface area contributed by atoms with Gasteiger partial charge in [-0.1, -0.05) is 358 Å². The third-order valence-corrected chi connectivity index (χ3v) is 25.5. The molecule has 6 heterocycles. The molecule has 0 atom stereocenters. The fourth-order valence-corrected chi connectivity index (χ4v) is 20.4. The number of hydrogen-bond acceptors (Lipinski definition) is 4. The van der Waals surface area contributed by atoms with E-state index in [0.29, 0.717) is 5.95 Å². The third kappa shape index (κ3) is 10.9. The molecular weight excluding hydrogens is 1490 g/mol. The minimum atomic E-state index is 0.659. The summed E-state index contributed by atoms with van der Waals surface area (Å²) >= 11 is 0. The Morgan fingerprint density at radius 3 is 0.789 bits per heavy atom. The molecule has 3 aliphatic rings. The average Bonchev–Trinajstić information content (AvgIpc) is 1.56. The zero-order chi connectivity index (χ0) is 80.7. The number of benzene rings is 18. The number of pyridine rings is 2. The Kier molecular flexibility index (Phi) is 15.9. The predicted octanol–water partition coefficient (Wildman–Crippen LogP) is 30.3. The van der Waals surface area contributed by atoms with Crippen LogP contribution in [0.2, 0.25) is 0 Å². The van der Waals surface area contributed by atoms with Gasteiger partial charge in [-0.25, -0.2) is 19.9 Å². The monoisotopic (exact) mass is 1560 g/mol. The highest BCUT2D eigenvalue weighted by atomic mass is 15.2. The van der Waals surface area contributed by atoms with Crippen LogP contribution in [-0.4, -0.2) is 33.6 Å². The van der Waals surface area contributed by atoms with Gasteiger partial charge in [0.2, 0.25) is 5.95 Å². The molecule has 0 amide bonds. The molecule has 3 aliphatic carbocycles. The summed E-state index contributed by atoms with van der Waals surface area (Å²) in [5.74, 6) is 2.52. The maximum absolute atomic E-state index is 5.32. The minimum absolute atomic E-state index is 0.659. The van der Waals surface area contributed by atoms with Crippen LogP contribution in [-0.2, 0) is 0 Å². The predicted molar refractivity (Wildman–Crippen MR) is 512 cm³/mol. The number of rotatable bonds is 9. The van der Waals surface area contributed by atoms with Gasteiger partial charge in [-0.3, -0.25) is 13.7 Å². The van der Waals surface area contributed by atoms with Gasteiger partial charge in [0.25, 0.3) is 0 Å². The summed E-state index contributed by atoms with van der Waals surface area (Å²) in [6.07, 6.45) is 1.88. The summed E-state index contributed by atoms with van der Waals surface area (Å²) in [6.45, 7) is 0. The van der Waals surface area contributed by atoms with Crippen molar-refractivity contribution in [1.82, 2.24) is 33.6 Å². The molecule has 570 valence electrons. The van der Waals surface area contributed by atoms with E-state index in [2.05, 4.69) is 414 Å². The Balaban J connectivity index is 0.000000102. The van der Waals surface area contributed by atoms with Gasteiger partial charge in [0.1, 0.15) is 11.6 Å². The highest BCUT2D eigenvalue weighted by Crippen LogP contribution is 2.56. The molecule has 0 fully saturated rings. The molecule has 7 heteroatoms. The van der Waals surface area contributed by atoms with Crippen LogP contribution in [0.5, 0.6) is 0 Å². The van der Waals surface area contributed by atoms with Gasteiger partial charge >= 0.3 is 0 Å². The molecule has 123 heavy (non-hydrogen) atoms. The van der Waals surface area contributed by atoms with Crippen LogP contribution in [0.4, 0.5) is 0 Å². The summed E-state index contributed by atoms with van der Waals surface area (Å²) in [4.78, 5) is 20.7. The number of hydrogen-bond donors (Lipinski definition) is 0. The number of nitrogens with zero attached hydrogens (tertiary/aromatic N) is 7. The molecule has 7 nitrogen and oxygen atoms in total. The lowest BCUT2D eigenvalue weighted by Crippen LogP contribution is -2.04. The summed E-state index contributed by atoms with van der Waals surface area (Å²) < 4.78 is 7.01. The van der Waals surface area contributed by atoms with Gasteiger partial charge < -0.3 is 0 Å². The van der Waals surface area contributed by atoms with Crippen LogP contribution in [0.1, 0.15) is 0 Å². The molecule has 0 N–H and O–H groups in total. The van der Waals surface area contributed by atoms with E-state index in [0.717, 1.165) is 56.4 Å². The second-order valence-corrected chi connectivity index (χ2v) is 32.1. The van der Waals surface area contributed by atoms with E-state index in [1.54, 1.807) is 0 Å². The van der Waals surface area contributed by atoms with Gasteiger partial charge in [0, 0.05) is 71.4 Å². The molecule has 0 saturated carbocycles. The number of aromatic nitrogens is 7. The van der Waals surface area contributed by atoms with Crippen molar-refractivity contribution < 1.29 is 0 Å². The van der Waals surface area contributed by atoms with Crippen molar-refractivity contribution in [2.75, 3.05) is 0 Å². The van der Waals surface area contributed by atoms with Gasteiger partial charge in [-0.05, 0) is 183 Å². The summed E-state index contributed by atoms with van der Waals surface area (Å²) in [6, 6.07) is 152. The molecule has 0 bridgehead atoms. The van der Waals surface area contributed by atoms with Crippen LogP contribution in [0.25, 0.3) is 249 Å². The lowest BCUT2D eigenvalue weighted by molar-refractivity contribution is 0.996. The zero-order valence-electron chi connectivity index (χ0n) is 66.6. The van der Waals surface area contributed by atoms with Crippen molar-refractivity contribution >= 4 is 97.7 Å². The molecule has 0 aliphatic heterocycles. The lowest BCUT2D eigenvalue weighted by atomic mass is 9.90. The van der Waals surface area contributed by atoms with E-state index in [1.807, 2.05) is 30.5 Å². The Morgan fingerprint density at radius 2 is 0.431 bits per heavy atom. The normalized spacial score (nSPS) is 11.9. The van der Waals surface area contributed by atoms with Crippen molar-refractivity contribution in [3.63, 3.8) is 0 Å². The quantitative estimate of drug-likeness (QED) is 0.144. The van der Waals surface area contributed by atoms with Crippen molar-refractivity contribution in [2.45, 2.75) is 0 Å². The van der Waals surface area contributed by atoms with Crippen molar-refractivity contribution in [2.24, 2.45) is 0 Å². The Bertz CT molecular complexity index is 8370. The van der Waals surface area contributed by atoms with Crippen LogP contribution < -0.4 is 0 Å². The molecule has 0 unspecified atom stereocenters. The first-order valence-electron chi connectivity index (χ1n) is 42.1. The Morgan fingerprint density at radius 1 is 0.154 bits per heavy atom. The maximum atomic E-state index is 5.32. The molecule has 0 saturated heterocycles. The van der Waals surface area contributed by atoms with E-state index in [-0.39, 0.29) is 0 Å². The Labute approximate surface area is 708 Å². The first-order chi connectivity index (χ1) is 61.1. The van der Waals surface area contributed by atoms with Crippen LogP contribution in [0.3, 0.4) is 0 Å². The maximum Gasteiger partial charge on any atom is 0.235 e. The van der Waals surface area contributed by atoms with E-state index in [4.69, 9.17) is 19.9 Å². The zero-order valence-corrected chi connectivity index (χ0v) is 66.6. The summed E-state index contributed by atoms with van der Waals surface area (Å²) in [5.41, 5.74) is 35.4. The van der Waals surface area contributed by atoms with Crippen molar-refractivity contribution in [3.8, 4) is 151 Å². The fraction of sp³-hybridized carbons (Fsp3) is 0. The molecule has 18 aromatic carbocycles. The van der Waals surface area contributed by atoms with E-state index < -0.39 is 0 Å². The van der Waals surface area contributed by atoms with Gasteiger partial charge in [-0.15, -0.1) is 0 Å². The molecule has 27 rings (SSSR count). The van der Waals surface area contributed by atoms with E-state index >= 15 is 0 Å². The standard InChI is InChI=1S/C44H27N3.C39H24N2.C33H20N2/c1-4-14-28(15-5-1)36-26-40-43-41-33(22-12-23-35(36)41)31-20-10-11-21-32(31)34-24-13-25-39(42(34)43)47(40)44-45-37(29-16-6-2-7-17-29)27-38(46-44)30-18-8-3-9-19-30;1-3-12-25(13-4-1)32-24-35-39-37-29(18-9-19-31(32)37)27-16-7-8-17-28(27)30-20-10-22-34(38(30)39)41(35)36-23-11-21-33(40-36)26-14-5-2-6-15-26;1-2-10-21(11-3-1)27-20-29-33-31-24(14-8-15-26(27)31)22-12-4-5-13-23(22)25-16-9-17-28(32(25)33)35(29)30-18-6-7-19-34-30/h1-27H;1-24H;1-20H. The van der Waals surface area contributed by atoms with E-state index in [9.17, 15) is 0 Å².